The number of nitrogens with one attached hydrogen (secondary N) is 2. The second-order valence-electron chi connectivity index (χ2n) is 4.89. The van der Waals surface area contributed by atoms with Gasteiger partial charge in [-0.05, 0) is 24.6 Å². The lowest BCUT2D eigenvalue weighted by atomic mass is 10.1. The Hall–Kier alpha value is -0.810. The van der Waals surface area contributed by atoms with E-state index in [1.807, 2.05) is 13.0 Å². The van der Waals surface area contributed by atoms with Gasteiger partial charge >= 0.3 is 0 Å². The van der Waals surface area contributed by atoms with E-state index in [0.717, 1.165) is 12.1 Å². The molecule has 4 nitrogen and oxygen atoms in total. The molecule has 0 spiro atoms. The maximum absolute atomic E-state index is 12.0. The zero-order valence-electron chi connectivity index (χ0n) is 11.3. The van der Waals surface area contributed by atoms with Gasteiger partial charge in [-0.2, -0.15) is 0 Å². The van der Waals surface area contributed by atoms with Crippen LogP contribution in [0.15, 0.2) is 18.2 Å². The summed E-state index contributed by atoms with van der Waals surface area (Å²) in [5.74, 6) is -0.0217. The SMILES string of the molecule is CC(NC(=O)CC1COCCN1)c1ccc(Cl)cc1Cl. The van der Waals surface area contributed by atoms with Crippen molar-refractivity contribution in [1.29, 1.82) is 0 Å². The molecule has 1 aromatic rings. The highest BCUT2D eigenvalue weighted by Gasteiger charge is 2.19. The van der Waals surface area contributed by atoms with Crippen LogP contribution < -0.4 is 10.6 Å². The Morgan fingerprint density at radius 3 is 3.00 bits per heavy atom. The number of hydrogen-bond donors (Lipinski definition) is 2. The molecular formula is C14H18Cl2N2O2. The van der Waals surface area contributed by atoms with E-state index in [0.29, 0.717) is 29.7 Å². The predicted octanol–water partition coefficient (Wildman–Crippen LogP) is 2.55. The van der Waals surface area contributed by atoms with Crippen LogP contribution in [0.3, 0.4) is 0 Å². The van der Waals surface area contributed by atoms with Gasteiger partial charge in [-0.15, -0.1) is 0 Å². The van der Waals surface area contributed by atoms with E-state index in [1.165, 1.54) is 0 Å². The molecule has 0 saturated carbocycles. The highest BCUT2D eigenvalue weighted by atomic mass is 35.5. The van der Waals surface area contributed by atoms with E-state index in [1.54, 1.807) is 12.1 Å². The van der Waals surface area contributed by atoms with Gasteiger partial charge in [0.25, 0.3) is 0 Å². The van der Waals surface area contributed by atoms with Crippen molar-refractivity contribution >= 4 is 29.1 Å². The van der Waals surface area contributed by atoms with Crippen molar-refractivity contribution in [2.45, 2.75) is 25.4 Å². The molecule has 20 heavy (non-hydrogen) atoms. The van der Waals surface area contributed by atoms with Crippen molar-refractivity contribution in [1.82, 2.24) is 10.6 Å². The minimum absolute atomic E-state index is 0.0217. The fraction of sp³-hybridized carbons (Fsp3) is 0.500. The van der Waals surface area contributed by atoms with E-state index < -0.39 is 0 Å². The lowest BCUT2D eigenvalue weighted by Crippen LogP contribution is -2.44. The molecule has 0 aliphatic carbocycles. The number of ether oxygens (including phenoxy) is 1. The lowest BCUT2D eigenvalue weighted by molar-refractivity contribution is -0.122. The Balaban J connectivity index is 1.89. The van der Waals surface area contributed by atoms with Crippen LogP contribution in [0, 0.1) is 0 Å². The largest absolute Gasteiger partial charge is 0.378 e. The third-order valence-corrected chi connectivity index (χ3v) is 3.80. The molecule has 1 fully saturated rings. The van der Waals surface area contributed by atoms with Crippen molar-refractivity contribution in [3.63, 3.8) is 0 Å². The zero-order valence-corrected chi connectivity index (χ0v) is 12.8. The molecule has 2 unspecified atom stereocenters. The molecule has 0 radical (unpaired) electrons. The highest BCUT2D eigenvalue weighted by molar-refractivity contribution is 6.35. The first-order valence-corrected chi connectivity index (χ1v) is 7.37. The maximum atomic E-state index is 12.0. The van der Waals surface area contributed by atoms with Gasteiger partial charge in [-0.1, -0.05) is 29.3 Å². The van der Waals surface area contributed by atoms with Crippen LogP contribution in [-0.4, -0.2) is 31.7 Å². The van der Waals surface area contributed by atoms with Crippen LogP contribution in [0.5, 0.6) is 0 Å². The van der Waals surface area contributed by atoms with Crippen LogP contribution in [-0.2, 0) is 9.53 Å². The Morgan fingerprint density at radius 2 is 2.35 bits per heavy atom. The molecule has 2 rings (SSSR count). The van der Waals surface area contributed by atoms with Gasteiger partial charge in [0.2, 0.25) is 5.91 Å². The first kappa shape index (κ1) is 15.6. The first-order valence-electron chi connectivity index (χ1n) is 6.61. The van der Waals surface area contributed by atoms with Gasteiger partial charge in [-0.3, -0.25) is 4.79 Å². The summed E-state index contributed by atoms with van der Waals surface area (Å²) in [5, 5.41) is 7.34. The normalized spacial score (nSPS) is 20.4. The summed E-state index contributed by atoms with van der Waals surface area (Å²) in [7, 11) is 0. The monoisotopic (exact) mass is 316 g/mol. The average molecular weight is 317 g/mol. The van der Waals surface area contributed by atoms with Crippen molar-refractivity contribution in [3.05, 3.63) is 33.8 Å². The molecule has 1 aliphatic heterocycles. The fourth-order valence-electron chi connectivity index (χ4n) is 2.21. The Kier molecular flexibility index (Phi) is 5.66. The van der Waals surface area contributed by atoms with Gasteiger partial charge in [0.1, 0.15) is 0 Å². The summed E-state index contributed by atoms with van der Waals surface area (Å²) in [6.45, 7) is 3.97. The predicted molar refractivity (Wildman–Crippen MR) is 80.2 cm³/mol. The van der Waals surface area contributed by atoms with Crippen LogP contribution in [0.25, 0.3) is 0 Å². The summed E-state index contributed by atoms with van der Waals surface area (Å²) in [4.78, 5) is 12.0. The van der Waals surface area contributed by atoms with Crippen LogP contribution in [0.1, 0.15) is 24.9 Å². The molecule has 0 aromatic heterocycles. The summed E-state index contributed by atoms with van der Waals surface area (Å²) in [6, 6.07) is 5.20. The van der Waals surface area contributed by atoms with Gasteiger partial charge in [0.15, 0.2) is 0 Å². The number of halogens is 2. The quantitative estimate of drug-likeness (QED) is 0.897. The smallest absolute Gasteiger partial charge is 0.222 e. The van der Waals surface area contributed by atoms with Crippen LogP contribution in [0.2, 0.25) is 10.0 Å². The molecule has 1 heterocycles. The molecule has 1 saturated heterocycles. The Labute approximate surface area is 128 Å². The van der Waals surface area contributed by atoms with Gasteiger partial charge in [0.05, 0.1) is 19.3 Å². The fourth-order valence-corrected chi connectivity index (χ4v) is 2.78. The minimum Gasteiger partial charge on any atom is -0.378 e. The number of amides is 1. The second kappa shape index (κ2) is 7.27. The molecule has 110 valence electrons. The number of carbonyl (C=O) groups is 1. The summed E-state index contributed by atoms with van der Waals surface area (Å²) < 4.78 is 5.33. The highest BCUT2D eigenvalue weighted by Crippen LogP contribution is 2.26. The summed E-state index contributed by atoms with van der Waals surface area (Å²) in [6.07, 6.45) is 0.398. The van der Waals surface area contributed by atoms with E-state index >= 15 is 0 Å². The van der Waals surface area contributed by atoms with Gasteiger partial charge in [-0.25, -0.2) is 0 Å². The third kappa shape index (κ3) is 4.35. The summed E-state index contributed by atoms with van der Waals surface area (Å²) >= 11 is 12.0. The molecule has 2 atom stereocenters. The number of hydrogen-bond acceptors (Lipinski definition) is 3. The van der Waals surface area contributed by atoms with E-state index in [4.69, 9.17) is 27.9 Å². The molecule has 6 heteroatoms. The second-order valence-corrected chi connectivity index (χ2v) is 5.73. The molecule has 2 N–H and O–H groups in total. The Bertz CT molecular complexity index is 476. The zero-order chi connectivity index (χ0) is 14.5. The van der Waals surface area contributed by atoms with E-state index in [9.17, 15) is 4.79 Å². The van der Waals surface area contributed by atoms with Gasteiger partial charge < -0.3 is 15.4 Å². The van der Waals surface area contributed by atoms with Crippen molar-refractivity contribution < 1.29 is 9.53 Å². The number of morpholine rings is 1. The number of benzene rings is 1. The topological polar surface area (TPSA) is 50.4 Å². The molecule has 1 aromatic carbocycles. The average Bonchev–Trinajstić information content (AvgIpc) is 2.39. The molecule has 0 bridgehead atoms. The van der Waals surface area contributed by atoms with Crippen LogP contribution >= 0.6 is 23.2 Å². The van der Waals surface area contributed by atoms with E-state index in [-0.39, 0.29) is 18.0 Å². The first-order chi connectivity index (χ1) is 9.56. The van der Waals surface area contributed by atoms with Crippen molar-refractivity contribution in [3.8, 4) is 0 Å². The summed E-state index contributed by atoms with van der Waals surface area (Å²) in [5.41, 5.74) is 0.859. The van der Waals surface area contributed by atoms with Crippen molar-refractivity contribution in [2.24, 2.45) is 0 Å². The Morgan fingerprint density at radius 1 is 1.55 bits per heavy atom. The van der Waals surface area contributed by atoms with Crippen molar-refractivity contribution in [2.75, 3.05) is 19.8 Å². The number of rotatable bonds is 4. The van der Waals surface area contributed by atoms with E-state index in [2.05, 4.69) is 10.6 Å². The van der Waals surface area contributed by atoms with Gasteiger partial charge in [0, 0.05) is 29.1 Å². The molecular weight excluding hydrogens is 299 g/mol. The molecule has 1 amide bonds. The van der Waals surface area contributed by atoms with Crippen LogP contribution in [0.4, 0.5) is 0 Å². The number of carbonyl (C=O) groups excluding carboxylic acids is 1. The standard InChI is InChI=1S/C14H18Cl2N2O2/c1-9(12-3-2-10(15)6-13(12)16)18-14(19)7-11-8-20-5-4-17-11/h2-3,6,9,11,17H,4-5,7-8H2,1H3,(H,18,19). The maximum Gasteiger partial charge on any atom is 0.222 e. The third-order valence-electron chi connectivity index (χ3n) is 3.24. The molecule has 1 aliphatic rings. The minimum atomic E-state index is -0.156. The lowest BCUT2D eigenvalue weighted by Gasteiger charge is -2.24.